The fourth-order valence-corrected chi connectivity index (χ4v) is 6.00. The standard InChI is InChI=1S/C27H34N2O3S/c30-27-23-19-21(31-17-5-15-28-11-1-2-12-28)7-9-25(23)33-26-10-8-22(20-24(26)27)32-18-6-16-29-13-3-4-14-29/h7-10,19-20H,1-6,11-18H2. The highest BCUT2D eigenvalue weighted by Gasteiger charge is 2.12. The topological polar surface area (TPSA) is 42.0 Å². The van der Waals surface area contributed by atoms with Crippen molar-refractivity contribution < 1.29 is 9.47 Å². The first kappa shape index (κ1) is 22.6. The van der Waals surface area contributed by atoms with Gasteiger partial charge in [0.05, 0.1) is 13.2 Å². The molecule has 0 N–H and O–H groups in total. The van der Waals surface area contributed by atoms with E-state index in [1.165, 1.54) is 51.9 Å². The first-order chi connectivity index (χ1) is 16.3. The molecule has 0 aliphatic carbocycles. The molecule has 0 atom stereocenters. The summed E-state index contributed by atoms with van der Waals surface area (Å²) in [6, 6.07) is 11.8. The van der Waals surface area contributed by atoms with Crippen LogP contribution < -0.4 is 14.9 Å². The molecule has 3 heterocycles. The number of likely N-dealkylation sites (tertiary alicyclic amines) is 2. The fraction of sp³-hybridized carbons (Fsp3) is 0.519. The van der Waals surface area contributed by atoms with E-state index in [1.807, 2.05) is 36.4 Å². The zero-order valence-electron chi connectivity index (χ0n) is 19.4. The van der Waals surface area contributed by atoms with Gasteiger partial charge in [0.2, 0.25) is 0 Å². The van der Waals surface area contributed by atoms with Crippen LogP contribution in [0.1, 0.15) is 38.5 Å². The molecule has 5 nitrogen and oxygen atoms in total. The zero-order chi connectivity index (χ0) is 22.5. The molecule has 2 fully saturated rings. The second-order valence-corrected chi connectivity index (χ2v) is 10.3. The molecule has 5 rings (SSSR count). The van der Waals surface area contributed by atoms with Crippen molar-refractivity contribution >= 4 is 31.5 Å². The molecule has 2 aliphatic heterocycles. The number of benzene rings is 2. The maximum atomic E-state index is 13.3. The third kappa shape index (κ3) is 5.68. The third-order valence-corrected chi connectivity index (χ3v) is 7.94. The number of rotatable bonds is 10. The van der Waals surface area contributed by atoms with Gasteiger partial charge in [0.25, 0.3) is 0 Å². The van der Waals surface area contributed by atoms with E-state index in [2.05, 4.69) is 9.80 Å². The molecule has 0 saturated carbocycles. The van der Waals surface area contributed by atoms with Gasteiger partial charge in [-0.1, -0.05) is 0 Å². The molecule has 33 heavy (non-hydrogen) atoms. The molecule has 6 heteroatoms. The monoisotopic (exact) mass is 466 g/mol. The summed E-state index contributed by atoms with van der Waals surface area (Å²) in [6.07, 6.45) is 7.30. The van der Waals surface area contributed by atoms with Gasteiger partial charge in [-0.05, 0) is 101 Å². The zero-order valence-corrected chi connectivity index (χ0v) is 20.2. The second-order valence-electron chi connectivity index (χ2n) is 9.25. The summed E-state index contributed by atoms with van der Waals surface area (Å²) in [5.74, 6) is 1.56. The van der Waals surface area contributed by atoms with E-state index in [4.69, 9.17) is 9.47 Å². The summed E-state index contributed by atoms with van der Waals surface area (Å²) in [5.41, 5.74) is 0.0591. The Labute approximate surface area is 199 Å². The Kier molecular flexibility index (Phi) is 7.44. The number of nitrogens with zero attached hydrogens (tertiary/aromatic N) is 2. The maximum Gasteiger partial charge on any atom is 0.196 e. The Bertz CT molecular complexity index is 1050. The van der Waals surface area contributed by atoms with E-state index < -0.39 is 0 Å². The van der Waals surface area contributed by atoms with Gasteiger partial charge in [0, 0.05) is 33.3 Å². The van der Waals surface area contributed by atoms with Gasteiger partial charge in [-0.3, -0.25) is 4.79 Å². The van der Waals surface area contributed by atoms with Crippen LogP contribution in [0.3, 0.4) is 0 Å². The average Bonchev–Trinajstić information content (AvgIpc) is 3.55. The Morgan fingerprint density at radius 1 is 0.697 bits per heavy atom. The van der Waals surface area contributed by atoms with Gasteiger partial charge in [-0.2, -0.15) is 0 Å². The molecule has 0 radical (unpaired) electrons. The van der Waals surface area contributed by atoms with Crippen molar-refractivity contribution in [1.29, 1.82) is 0 Å². The average molecular weight is 467 g/mol. The molecule has 0 unspecified atom stereocenters. The van der Waals surface area contributed by atoms with Crippen molar-refractivity contribution in [3.8, 4) is 11.5 Å². The molecule has 1 aromatic heterocycles. The smallest absolute Gasteiger partial charge is 0.196 e. The summed E-state index contributed by atoms with van der Waals surface area (Å²) in [7, 11) is 0. The first-order valence-electron chi connectivity index (χ1n) is 12.5. The van der Waals surface area contributed by atoms with Crippen molar-refractivity contribution in [2.24, 2.45) is 0 Å². The molecule has 0 spiro atoms. The molecule has 176 valence electrons. The van der Waals surface area contributed by atoms with Gasteiger partial charge in [0.15, 0.2) is 5.43 Å². The minimum Gasteiger partial charge on any atom is -0.494 e. The van der Waals surface area contributed by atoms with Crippen LogP contribution in [0.4, 0.5) is 0 Å². The van der Waals surface area contributed by atoms with Crippen molar-refractivity contribution in [3.63, 3.8) is 0 Å². The Morgan fingerprint density at radius 3 is 1.61 bits per heavy atom. The lowest BCUT2D eigenvalue weighted by molar-refractivity contribution is 0.263. The van der Waals surface area contributed by atoms with Gasteiger partial charge >= 0.3 is 0 Å². The number of ether oxygens (including phenoxy) is 2. The van der Waals surface area contributed by atoms with Gasteiger partial charge < -0.3 is 19.3 Å². The fourth-order valence-electron chi connectivity index (χ4n) is 4.96. The van der Waals surface area contributed by atoms with Crippen LogP contribution in [-0.4, -0.2) is 62.3 Å². The van der Waals surface area contributed by atoms with Crippen LogP contribution >= 0.6 is 11.3 Å². The summed E-state index contributed by atoms with van der Waals surface area (Å²) in [6.45, 7) is 8.41. The lowest BCUT2D eigenvalue weighted by Crippen LogP contribution is -2.21. The third-order valence-electron chi connectivity index (χ3n) is 6.78. The lowest BCUT2D eigenvalue weighted by Gasteiger charge is -2.15. The second kappa shape index (κ2) is 10.9. The van der Waals surface area contributed by atoms with E-state index in [0.29, 0.717) is 13.2 Å². The molecule has 2 aliphatic rings. The van der Waals surface area contributed by atoms with E-state index in [9.17, 15) is 4.79 Å². The lowest BCUT2D eigenvalue weighted by atomic mass is 10.1. The molecule has 0 bridgehead atoms. The molecular weight excluding hydrogens is 432 g/mol. The Morgan fingerprint density at radius 2 is 1.15 bits per heavy atom. The van der Waals surface area contributed by atoms with E-state index in [-0.39, 0.29) is 5.43 Å². The van der Waals surface area contributed by atoms with E-state index >= 15 is 0 Å². The predicted molar refractivity (Wildman–Crippen MR) is 137 cm³/mol. The van der Waals surface area contributed by atoms with Crippen molar-refractivity contribution in [2.75, 3.05) is 52.5 Å². The summed E-state index contributed by atoms with van der Waals surface area (Å²) in [4.78, 5) is 18.3. The van der Waals surface area contributed by atoms with E-state index in [1.54, 1.807) is 11.3 Å². The van der Waals surface area contributed by atoms with Crippen LogP contribution in [0.2, 0.25) is 0 Å². The van der Waals surface area contributed by atoms with E-state index in [0.717, 1.165) is 57.6 Å². The minimum atomic E-state index is 0.0591. The van der Waals surface area contributed by atoms with Crippen molar-refractivity contribution in [3.05, 3.63) is 46.6 Å². The number of fused-ring (bicyclic) bond motifs is 2. The van der Waals surface area contributed by atoms with Crippen molar-refractivity contribution in [1.82, 2.24) is 9.80 Å². The predicted octanol–water partition coefficient (Wildman–Crippen LogP) is 5.14. The summed E-state index contributed by atoms with van der Waals surface area (Å²) < 4.78 is 14.0. The Balaban J connectivity index is 1.23. The molecule has 0 amide bonds. The van der Waals surface area contributed by atoms with Gasteiger partial charge in [-0.25, -0.2) is 0 Å². The molecular formula is C27H34N2O3S. The highest BCUT2D eigenvalue weighted by Crippen LogP contribution is 2.29. The largest absolute Gasteiger partial charge is 0.494 e. The minimum absolute atomic E-state index is 0.0591. The molecule has 3 aromatic rings. The quantitative estimate of drug-likeness (QED) is 0.306. The maximum absolute atomic E-state index is 13.3. The van der Waals surface area contributed by atoms with Crippen LogP contribution in [0, 0.1) is 0 Å². The SMILES string of the molecule is O=c1c2cc(OCCCN3CCCC3)ccc2sc2ccc(OCCCN3CCCC3)cc12. The van der Waals surface area contributed by atoms with Crippen LogP contribution in [0.5, 0.6) is 11.5 Å². The normalized spacial score (nSPS) is 17.3. The first-order valence-corrected chi connectivity index (χ1v) is 13.3. The highest BCUT2D eigenvalue weighted by atomic mass is 32.1. The summed E-state index contributed by atoms with van der Waals surface area (Å²) >= 11 is 1.65. The Hall–Kier alpha value is -2.15. The van der Waals surface area contributed by atoms with Crippen LogP contribution in [-0.2, 0) is 0 Å². The van der Waals surface area contributed by atoms with Crippen LogP contribution in [0.15, 0.2) is 41.2 Å². The highest BCUT2D eigenvalue weighted by molar-refractivity contribution is 7.24. The number of hydrogen-bond donors (Lipinski definition) is 0. The molecule has 2 aromatic carbocycles. The van der Waals surface area contributed by atoms with Gasteiger partial charge in [0.1, 0.15) is 11.5 Å². The number of hydrogen-bond acceptors (Lipinski definition) is 6. The molecule has 2 saturated heterocycles. The van der Waals surface area contributed by atoms with Crippen molar-refractivity contribution in [2.45, 2.75) is 38.5 Å². The van der Waals surface area contributed by atoms with Gasteiger partial charge in [-0.15, -0.1) is 11.3 Å². The summed E-state index contributed by atoms with van der Waals surface area (Å²) in [5, 5.41) is 1.46. The van der Waals surface area contributed by atoms with Crippen LogP contribution in [0.25, 0.3) is 20.2 Å².